The minimum atomic E-state index is 0.708. The summed E-state index contributed by atoms with van der Waals surface area (Å²) in [6.45, 7) is 2.87. The van der Waals surface area contributed by atoms with Crippen molar-refractivity contribution in [3.63, 3.8) is 0 Å². The summed E-state index contributed by atoms with van der Waals surface area (Å²) in [5.74, 6) is 1.75. The normalized spacial score (nSPS) is 11.2. The molecular weight excluding hydrogens is 242 g/mol. The Morgan fingerprint density at radius 2 is 2.26 bits per heavy atom. The summed E-state index contributed by atoms with van der Waals surface area (Å²) >= 11 is 0. The second-order valence-corrected chi connectivity index (χ2v) is 4.38. The fourth-order valence-corrected chi connectivity index (χ4v) is 2.23. The predicted octanol–water partition coefficient (Wildman–Crippen LogP) is 1.81. The highest BCUT2D eigenvalue weighted by Crippen LogP contribution is 2.19. The van der Waals surface area contributed by atoms with Gasteiger partial charge in [0, 0.05) is 25.1 Å². The molecule has 0 saturated heterocycles. The number of aryl methyl sites for hydroxylation is 3. The first-order valence-electron chi connectivity index (χ1n) is 6.28. The maximum atomic E-state index is 5.79. The van der Waals surface area contributed by atoms with Gasteiger partial charge in [-0.05, 0) is 18.2 Å². The van der Waals surface area contributed by atoms with Crippen LogP contribution in [0.1, 0.15) is 18.6 Å². The second-order valence-electron chi connectivity index (χ2n) is 4.38. The summed E-state index contributed by atoms with van der Waals surface area (Å²) in [7, 11) is 0. The Morgan fingerprint density at radius 1 is 1.37 bits per heavy atom. The lowest BCUT2D eigenvalue weighted by atomic mass is 10.2. The van der Waals surface area contributed by atoms with E-state index in [1.165, 1.54) is 6.39 Å². The molecule has 6 nitrogen and oxygen atoms in total. The van der Waals surface area contributed by atoms with Crippen LogP contribution < -0.4 is 5.73 Å². The van der Waals surface area contributed by atoms with Crippen molar-refractivity contribution in [3.05, 3.63) is 36.2 Å². The number of nitrogens with two attached hydrogens (primary N) is 1. The van der Waals surface area contributed by atoms with Crippen molar-refractivity contribution in [2.24, 2.45) is 0 Å². The lowest BCUT2D eigenvalue weighted by Gasteiger charge is -2.06. The number of aromatic nitrogens is 4. The molecule has 19 heavy (non-hydrogen) atoms. The smallest absolute Gasteiger partial charge is 0.213 e. The van der Waals surface area contributed by atoms with E-state index in [1.807, 2.05) is 18.2 Å². The third kappa shape index (κ3) is 2.16. The van der Waals surface area contributed by atoms with Gasteiger partial charge in [0.2, 0.25) is 6.39 Å². The van der Waals surface area contributed by atoms with Crippen LogP contribution in [0, 0.1) is 0 Å². The molecule has 0 radical (unpaired) electrons. The molecule has 0 unspecified atom stereocenters. The van der Waals surface area contributed by atoms with E-state index in [2.05, 4.69) is 26.6 Å². The van der Waals surface area contributed by atoms with Gasteiger partial charge in [-0.25, -0.2) is 4.98 Å². The van der Waals surface area contributed by atoms with Crippen LogP contribution >= 0.6 is 0 Å². The fourth-order valence-electron chi connectivity index (χ4n) is 2.23. The zero-order valence-electron chi connectivity index (χ0n) is 10.7. The predicted molar refractivity (Wildman–Crippen MR) is 71.5 cm³/mol. The Labute approximate surface area is 110 Å². The number of fused-ring (bicyclic) bond motifs is 1. The summed E-state index contributed by atoms with van der Waals surface area (Å²) in [6.07, 6.45) is 2.95. The van der Waals surface area contributed by atoms with E-state index in [0.29, 0.717) is 5.82 Å². The van der Waals surface area contributed by atoms with Gasteiger partial charge in [-0.3, -0.25) is 0 Å². The minimum absolute atomic E-state index is 0.708. The molecule has 2 N–H and O–H groups in total. The van der Waals surface area contributed by atoms with Crippen molar-refractivity contribution in [2.45, 2.75) is 26.3 Å². The second kappa shape index (κ2) is 4.72. The van der Waals surface area contributed by atoms with Crippen LogP contribution in [0.15, 0.2) is 29.1 Å². The van der Waals surface area contributed by atoms with Crippen molar-refractivity contribution in [2.75, 3.05) is 5.73 Å². The van der Waals surface area contributed by atoms with Gasteiger partial charge in [-0.1, -0.05) is 12.1 Å². The summed E-state index contributed by atoms with van der Waals surface area (Å²) in [5, 5.41) is 3.83. The van der Waals surface area contributed by atoms with Crippen LogP contribution in [-0.4, -0.2) is 19.7 Å². The summed E-state index contributed by atoms with van der Waals surface area (Å²) < 4.78 is 6.93. The van der Waals surface area contributed by atoms with Gasteiger partial charge in [0.05, 0.1) is 11.0 Å². The molecule has 1 aromatic carbocycles. The molecule has 2 heterocycles. The monoisotopic (exact) mass is 257 g/mol. The van der Waals surface area contributed by atoms with Crippen molar-refractivity contribution >= 4 is 16.7 Å². The molecule has 0 fully saturated rings. The van der Waals surface area contributed by atoms with E-state index < -0.39 is 0 Å². The highest BCUT2D eigenvalue weighted by atomic mass is 16.5. The van der Waals surface area contributed by atoms with E-state index in [9.17, 15) is 0 Å². The molecule has 3 aromatic rings. The Balaban J connectivity index is 1.96. The number of anilines is 1. The van der Waals surface area contributed by atoms with E-state index >= 15 is 0 Å². The summed E-state index contributed by atoms with van der Waals surface area (Å²) in [6, 6.07) is 5.81. The number of hydrogen-bond donors (Lipinski definition) is 1. The van der Waals surface area contributed by atoms with Gasteiger partial charge in [0.1, 0.15) is 5.82 Å². The molecular formula is C13H15N5O. The molecule has 0 saturated carbocycles. The third-order valence-electron chi connectivity index (χ3n) is 3.13. The van der Waals surface area contributed by atoms with Gasteiger partial charge in [0.25, 0.3) is 0 Å². The van der Waals surface area contributed by atoms with E-state index in [0.717, 1.165) is 41.9 Å². The molecule has 0 aliphatic heterocycles. The molecule has 0 atom stereocenters. The summed E-state index contributed by atoms with van der Waals surface area (Å²) in [5.41, 5.74) is 8.56. The molecule has 0 bridgehead atoms. The largest absolute Gasteiger partial charge is 0.399 e. The van der Waals surface area contributed by atoms with Gasteiger partial charge < -0.3 is 14.8 Å². The SMILES string of the molecule is CCc1nc2cc(N)ccc2n1CCc1ncon1. The Hall–Kier alpha value is -2.37. The van der Waals surface area contributed by atoms with Gasteiger partial charge in [0.15, 0.2) is 5.82 Å². The number of rotatable bonds is 4. The standard InChI is InChI=1S/C13H15N5O/c1-2-13-16-10-7-9(14)3-4-11(10)18(13)6-5-12-15-8-19-17-12/h3-4,7-8H,2,5-6,14H2,1H3. The van der Waals surface area contributed by atoms with E-state index in [1.54, 1.807) is 0 Å². The van der Waals surface area contributed by atoms with Crippen molar-refractivity contribution < 1.29 is 4.52 Å². The molecule has 6 heteroatoms. The van der Waals surface area contributed by atoms with Crippen LogP contribution in [0.5, 0.6) is 0 Å². The van der Waals surface area contributed by atoms with E-state index in [4.69, 9.17) is 10.3 Å². The summed E-state index contributed by atoms with van der Waals surface area (Å²) in [4.78, 5) is 8.64. The molecule has 0 aliphatic carbocycles. The van der Waals surface area contributed by atoms with Gasteiger partial charge >= 0.3 is 0 Å². The Bertz CT molecular complexity index is 686. The molecule has 98 valence electrons. The molecule has 3 rings (SSSR count). The third-order valence-corrected chi connectivity index (χ3v) is 3.13. The average molecular weight is 257 g/mol. The Morgan fingerprint density at radius 3 is 3.00 bits per heavy atom. The first kappa shape index (κ1) is 11.7. The van der Waals surface area contributed by atoms with Gasteiger partial charge in [-0.15, -0.1) is 0 Å². The molecule has 0 aliphatic rings. The number of hydrogen-bond acceptors (Lipinski definition) is 5. The highest BCUT2D eigenvalue weighted by Gasteiger charge is 2.10. The van der Waals surface area contributed by atoms with Crippen LogP contribution in [0.3, 0.4) is 0 Å². The maximum Gasteiger partial charge on any atom is 0.213 e. The zero-order valence-corrected chi connectivity index (χ0v) is 10.7. The Kier molecular flexibility index (Phi) is 2.91. The van der Waals surface area contributed by atoms with Crippen LogP contribution in [0.4, 0.5) is 5.69 Å². The van der Waals surface area contributed by atoms with Gasteiger partial charge in [-0.2, -0.15) is 4.98 Å². The quantitative estimate of drug-likeness (QED) is 0.721. The first-order valence-corrected chi connectivity index (χ1v) is 6.28. The molecule has 2 aromatic heterocycles. The number of imidazole rings is 1. The highest BCUT2D eigenvalue weighted by molar-refractivity contribution is 5.79. The first-order chi connectivity index (χ1) is 9.28. The minimum Gasteiger partial charge on any atom is -0.399 e. The van der Waals surface area contributed by atoms with Crippen molar-refractivity contribution in [1.82, 2.24) is 19.7 Å². The number of nitrogen functional groups attached to an aromatic ring is 1. The molecule has 0 spiro atoms. The maximum absolute atomic E-state index is 5.79. The van der Waals surface area contributed by atoms with Crippen LogP contribution in [0.2, 0.25) is 0 Å². The zero-order chi connectivity index (χ0) is 13.2. The van der Waals surface area contributed by atoms with Crippen molar-refractivity contribution in [1.29, 1.82) is 0 Å². The molecule has 0 amide bonds. The van der Waals surface area contributed by atoms with Crippen LogP contribution in [0.25, 0.3) is 11.0 Å². The topological polar surface area (TPSA) is 82.8 Å². The number of nitrogens with zero attached hydrogens (tertiary/aromatic N) is 4. The average Bonchev–Trinajstić information content (AvgIpc) is 3.02. The van der Waals surface area contributed by atoms with E-state index in [-0.39, 0.29) is 0 Å². The van der Waals surface area contributed by atoms with Crippen LogP contribution in [-0.2, 0) is 19.4 Å². The number of benzene rings is 1. The van der Waals surface area contributed by atoms with Crippen molar-refractivity contribution in [3.8, 4) is 0 Å². The fraction of sp³-hybridized carbons (Fsp3) is 0.308. The lowest BCUT2D eigenvalue weighted by molar-refractivity contribution is 0.408. The lowest BCUT2D eigenvalue weighted by Crippen LogP contribution is -2.06.